The molecule has 0 bridgehead atoms. The van der Waals surface area contributed by atoms with Crippen LogP contribution in [0.2, 0.25) is 0 Å². The molecule has 0 saturated carbocycles. The number of hydrogen-bond acceptors (Lipinski definition) is 19. The van der Waals surface area contributed by atoms with Crippen LogP contribution in [0.15, 0.2) is 29.2 Å². The van der Waals surface area contributed by atoms with Gasteiger partial charge in [0.25, 0.3) is 10.1 Å². The number of amides is 3. The largest absolute Gasteiger partial charge is 0.494 e. The van der Waals surface area contributed by atoms with Crippen LogP contribution in [0.5, 0.6) is 5.75 Å². The standard InChI is InChI=1S/C54H84N10O15S2/c1-38-30-45(31-39(2)52(38)81(77,78)60-46(54(72)73)32-57-50(70)15-8-6-7-13-44-18-17-43-12-9-20-56-53(43)58-44)79-29-11-16-49(69)55-19-10-14-48(68)47(37-80(74,75)76)59-51(71)36-64-27-25-62(34-41(4)66)23-21-61(33-40(3)65)22-24-63(26-28-64)35-42(5)67/h17-18,30-31,46-47,60H,6-16,19-29,32-37H2,1-5H3,(H,55,69)(H,56,58)(H,57,70)(H,59,71)(H,72,73)(H,74,75,76)/t46?,47-/m0/s1. The van der Waals surface area contributed by atoms with E-state index in [9.17, 15) is 64.9 Å². The van der Waals surface area contributed by atoms with Gasteiger partial charge < -0.3 is 31.1 Å². The number of hydrogen-bond donors (Lipinski definition) is 7. The van der Waals surface area contributed by atoms with E-state index in [0.29, 0.717) is 64.5 Å². The zero-order valence-electron chi connectivity index (χ0n) is 47.5. The third-order valence-corrected chi connectivity index (χ3v) is 16.1. The Morgan fingerprint density at radius 1 is 0.679 bits per heavy atom. The molecule has 7 N–H and O–H groups in total. The number of rotatable bonds is 33. The fraction of sp³-hybridized carbons (Fsp3) is 0.648. The number of pyridine rings is 1. The Morgan fingerprint density at radius 2 is 1.22 bits per heavy atom. The number of unbranched alkanes of at least 4 members (excludes halogenated alkanes) is 2. The monoisotopic (exact) mass is 1180 g/mol. The molecule has 2 aromatic rings. The minimum atomic E-state index is -4.73. The maximum atomic E-state index is 13.5. The van der Waals surface area contributed by atoms with Crippen molar-refractivity contribution in [2.24, 2.45) is 0 Å². The summed E-state index contributed by atoms with van der Waals surface area (Å²) in [5.41, 5.74) is 2.71. The van der Waals surface area contributed by atoms with Crippen molar-refractivity contribution in [1.29, 1.82) is 0 Å². The number of carbonyl (C=O) groups excluding carboxylic acids is 7. The number of aliphatic carboxylic acids is 1. The number of anilines is 1. The molecular weight excluding hydrogens is 1090 g/mol. The molecule has 2 aliphatic rings. The summed E-state index contributed by atoms with van der Waals surface area (Å²) in [6.45, 7) is 11.4. The molecule has 1 fully saturated rings. The van der Waals surface area contributed by atoms with Gasteiger partial charge in [-0.1, -0.05) is 12.5 Å². The van der Waals surface area contributed by atoms with Crippen molar-refractivity contribution < 1.29 is 69.6 Å². The van der Waals surface area contributed by atoms with E-state index in [2.05, 4.69) is 37.0 Å². The second kappa shape index (κ2) is 34.0. The number of benzene rings is 1. The molecule has 81 heavy (non-hydrogen) atoms. The Labute approximate surface area is 476 Å². The van der Waals surface area contributed by atoms with Crippen molar-refractivity contribution in [2.45, 2.75) is 122 Å². The first-order chi connectivity index (χ1) is 38.3. The van der Waals surface area contributed by atoms with Crippen LogP contribution in [0.4, 0.5) is 5.82 Å². The predicted molar refractivity (Wildman–Crippen MR) is 302 cm³/mol. The first-order valence-corrected chi connectivity index (χ1v) is 30.8. The molecule has 0 spiro atoms. The van der Waals surface area contributed by atoms with Gasteiger partial charge in [0.15, 0.2) is 5.78 Å². The van der Waals surface area contributed by atoms with Crippen LogP contribution < -0.4 is 30.7 Å². The molecule has 2 aliphatic heterocycles. The number of carbonyl (C=O) groups is 8. The van der Waals surface area contributed by atoms with Crippen LogP contribution in [0.1, 0.15) is 101 Å². The van der Waals surface area contributed by atoms with Gasteiger partial charge in [-0.25, -0.2) is 13.4 Å². The average molecular weight is 1180 g/mol. The third kappa shape index (κ3) is 26.3. The predicted octanol–water partition coefficient (Wildman–Crippen LogP) is 0.693. The Kier molecular flexibility index (Phi) is 28.4. The Balaban J connectivity index is 1.19. The minimum absolute atomic E-state index is 0.01000. The SMILES string of the molecule is CC(=O)CN1CCN(CC(C)=O)CCN(CC(=O)N[C@@H](CS(=O)(=O)O)C(=O)CCCNC(=O)CCCOc2cc(C)c(S(=O)(=O)NC(CNC(=O)CCCCCc3ccc4c(n3)NCCC4)C(=O)O)c(C)c2)CCN(CC(C)=O)CC1. The lowest BCUT2D eigenvalue weighted by Crippen LogP contribution is -2.52. The number of aryl methyl sites for hydroxylation is 4. The first kappa shape index (κ1) is 67.7. The summed E-state index contributed by atoms with van der Waals surface area (Å²) >= 11 is 0. The lowest BCUT2D eigenvalue weighted by molar-refractivity contribution is -0.139. The fourth-order valence-corrected chi connectivity index (χ4v) is 12.0. The second-order valence-electron chi connectivity index (χ2n) is 21.1. The zero-order valence-corrected chi connectivity index (χ0v) is 49.2. The van der Waals surface area contributed by atoms with Gasteiger partial charge in [0.05, 0.1) is 37.7 Å². The number of nitrogens with zero attached hydrogens (tertiary/aromatic N) is 5. The van der Waals surface area contributed by atoms with E-state index < -0.39 is 68.1 Å². The molecule has 3 amide bonds. The smallest absolute Gasteiger partial charge is 0.323 e. The summed E-state index contributed by atoms with van der Waals surface area (Å²) < 4.78 is 68.7. The fourth-order valence-electron chi connectivity index (χ4n) is 9.62. The van der Waals surface area contributed by atoms with Crippen molar-refractivity contribution in [1.82, 2.24) is 45.3 Å². The van der Waals surface area contributed by atoms with Crippen LogP contribution in [0.3, 0.4) is 0 Å². The number of ether oxygens (including phenoxy) is 1. The van der Waals surface area contributed by atoms with Crippen molar-refractivity contribution in [3.8, 4) is 5.75 Å². The minimum Gasteiger partial charge on any atom is -0.494 e. The number of Topliss-reactive ketones (excluding diaryl/α,β-unsaturated/α-hetero) is 4. The van der Waals surface area contributed by atoms with Gasteiger partial charge in [-0.05, 0) is 114 Å². The van der Waals surface area contributed by atoms with E-state index >= 15 is 0 Å². The summed E-state index contributed by atoms with van der Waals surface area (Å²) in [5.74, 6) is -3.64. The highest BCUT2D eigenvalue weighted by Crippen LogP contribution is 2.27. The Bertz CT molecular complexity index is 2670. The normalized spacial score (nSPS) is 16.1. The van der Waals surface area contributed by atoms with E-state index in [-0.39, 0.29) is 111 Å². The molecule has 0 radical (unpaired) electrons. The van der Waals surface area contributed by atoms with Crippen LogP contribution >= 0.6 is 0 Å². The molecule has 1 unspecified atom stereocenters. The van der Waals surface area contributed by atoms with Crippen LogP contribution in [0, 0.1) is 13.8 Å². The highest BCUT2D eigenvalue weighted by atomic mass is 32.2. The number of sulfonamides is 1. The van der Waals surface area contributed by atoms with Gasteiger partial charge in [0.1, 0.15) is 46.8 Å². The van der Waals surface area contributed by atoms with Gasteiger partial charge in [-0.15, -0.1) is 0 Å². The summed E-state index contributed by atoms with van der Waals surface area (Å²) in [7, 11) is -9.12. The average Bonchev–Trinajstić information content (AvgIpc) is 3.38. The van der Waals surface area contributed by atoms with E-state index in [1.165, 1.54) is 52.3 Å². The van der Waals surface area contributed by atoms with Crippen LogP contribution in [-0.2, 0) is 71.3 Å². The van der Waals surface area contributed by atoms with Gasteiger partial charge >= 0.3 is 5.97 Å². The van der Waals surface area contributed by atoms with Gasteiger partial charge in [0, 0.05) is 96.9 Å². The molecular formula is C54H84N10O15S2. The number of ketones is 4. The third-order valence-electron chi connectivity index (χ3n) is 13.6. The maximum Gasteiger partial charge on any atom is 0.323 e. The number of carboxylic acid groups (broad SMARTS) is 1. The molecule has 25 nitrogen and oxygen atoms in total. The van der Waals surface area contributed by atoms with E-state index in [1.807, 2.05) is 20.8 Å². The molecule has 1 saturated heterocycles. The first-order valence-electron chi connectivity index (χ1n) is 27.7. The van der Waals surface area contributed by atoms with Gasteiger partial charge in [-0.3, -0.25) is 62.5 Å². The van der Waals surface area contributed by atoms with E-state index in [1.54, 1.807) is 4.90 Å². The molecule has 2 atom stereocenters. The molecule has 452 valence electrons. The molecule has 1 aromatic heterocycles. The lowest BCUT2D eigenvalue weighted by atomic mass is 10.1. The number of fused-ring (bicyclic) bond motifs is 1. The number of aromatic nitrogens is 1. The van der Waals surface area contributed by atoms with Crippen molar-refractivity contribution >= 4 is 72.8 Å². The lowest BCUT2D eigenvalue weighted by Gasteiger charge is -2.33. The molecule has 3 heterocycles. The summed E-state index contributed by atoms with van der Waals surface area (Å²) in [6, 6.07) is 3.82. The summed E-state index contributed by atoms with van der Waals surface area (Å²) in [5, 5.41) is 20.8. The Morgan fingerprint density at radius 3 is 1.77 bits per heavy atom. The molecule has 27 heteroatoms. The highest BCUT2D eigenvalue weighted by molar-refractivity contribution is 7.89. The molecule has 4 rings (SSSR count). The van der Waals surface area contributed by atoms with Crippen molar-refractivity contribution in [3.63, 3.8) is 0 Å². The summed E-state index contributed by atoms with van der Waals surface area (Å²) in [4.78, 5) is 113. The maximum absolute atomic E-state index is 13.5. The van der Waals surface area contributed by atoms with Crippen LogP contribution in [0.25, 0.3) is 0 Å². The van der Waals surface area contributed by atoms with Crippen molar-refractivity contribution in [3.05, 3.63) is 46.6 Å². The molecule has 1 aromatic carbocycles. The summed E-state index contributed by atoms with van der Waals surface area (Å²) in [6.07, 6.45) is 5.19. The number of carboxylic acids is 1. The van der Waals surface area contributed by atoms with Gasteiger partial charge in [-0.2, -0.15) is 13.1 Å². The number of nitrogens with one attached hydrogen (secondary N) is 5. The Hall–Kier alpha value is -5.81. The molecule has 0 aliphatic carbocycles. The van der Waals surface area contributed by atoms with Gasteiger partial charge in [0.2, 0.25) is 27.7 Å². The quantitative estimate of drug-likeness (QED) is 0.0382. The second-order valence-corrected chi connectivity index (χ2v) is 24.2. The van der Waals surface area contributed by atoms with Crippen LogP contribution in [-0.4, -0.2) is 221 Å². The highest BCUT2D eigenvalue weighted by Gasteiger charge is 2.30. The van der Waals surface area contributed by atoms with E-state index in [0.717, 1.165) is 50.2 Å². The zero-order chi connectivity index (χ0) is 59.7. The van der Waals surface area contributed by atoms with Crippen molar-refractivity contribution in [2.75, 3.05) is 116 Å². The topological polar surface area (TPSA) is 341 Å². The van der Waals surface area contributed by atoms with E-state index in [4.69, 9.17) is 4.74 Å².